The summed E-state index contributed by atoms with van der Waals surface area (Å²) < 4.78 is 27.9. The van der Waals surface area contributed by atoms with Gasteiger partial charge in [-0.15, -0.1) is 0 Å². The van der Waals surface area contributed by atoms with Crippen LogP contribution in [0.3, 0.4) is 0 Å². The third kappa shape index (κ3) is 4.38. The van der Waals surface area contributed by atoms with E-state index < -0.39 is 10.0 Å². The highest BCUT2D eigenvalue weighted by atomic mass is 32.2. The highest BCUT2D eigenvalue weighted by Gasteiger charge is 2.32. The number of nitrogens with zero attached hydrogens (tertiary/aromatic N) is 5. The van der Waals surface area contributed by atoms with Crippen LogP contribution in [0.4, 0.5) is 10.5 Å². The first-order chi connectivity index (χ1) is 16.0. The number of anilines is 1. The van der Waals surface area contributed by atoms with Crippen LogP contribution in [0.2, 0.25) is 0 Å². The molecule has 0 spiro atoms. The normalized spacial score (nSPS) is 18.0. The van der Waals surface area contributed by atoms with Gasteiger partial charge in [0, 0.05) is 70.4 Å². The molecule has 0 atom stereocenters. The molecule has 2 aliphatic rings. The van der Waals surface area contributed by atoms with Crippen molar-refractivity contribution >= 4 is 32.5 Å². The van der Waals surface area contributed by atoms with Gasteiger partial charge >= 0.3 is 6.03 Å². The van der Waals surface area contributed by atoms with Gasteiger partial charge in [-0.1, -0.05) is 30.3 Å². The molecule has 2 fully saturated rings. The topological polar surface area (TPSA) is 77.1 Å². The molecule has 172 valence electrons. The average Bonchev–Trinajstić information content (AvgIpc) is 2.88. The van der Waals surface area contributed by atoms with E-state index in [9.17, 15) is 13.2 Å². The molecule has 0 saturated carbocycles. The summed E-state index contributed by atoms with van der Waals surface area (Å²) >= 11 is 0. The van der Waals surface area contributed by atoms with Gasteiger partial charge in [0.15, 0.2) is 0 Å². The zero-order chi connectivity index (χ0) is 22.8. The molecule has 2 amide bonds. The largest absolute Gasteiger partial charge is 0.368 e. The first-order valence-electron chi connectivity index (χ1n) is 11.2. The Morgan fingerprint density at radius 2 is 1.33 bits per heavy atom. The van der Waals surface area contributed by atoms with Gasteiger partial charge in [0.2, 0.25) is 10.0 Å². The van der Waals surface area contributed by atoms with Gasteiger partial charge in [-0.05, 0) is 35.0 Å². The van der Waals surface area contributed by atoms with Gasteiger partial charge in [-0.3, -0.25) is 4.98 Å². The molecule has 9 heteroatoms. The Hall–Kier alpha value is -3.17. The maximum atomic E-state index is 13.2. The van der Waals surface area contributed by atoms with E-state index in [1.165, 1.54) is 4.31 Å². The Morgan fingerprint density at radius 1 is 0.727 bits per heavy atom. The van der Waals surface area contributed by atoms with Gasteiger partial charge in [-0.2, -0.15) is 4.31 Å². The maximum Gasteiger partial charge on any atom is 0.320 e. The molecule has 33 heavy (non-hydrogen) atoms. The van der Waals surface area contributed by atoms with E-state index in [-0.39, 0.29) is 6.03 Å². The number of hydrogen-bond acceptors (Lipinski definition) is 5. The summed E-state index contributed by atoms with van der Waals surface area (Å²) in [6.45, 7) is 4.24. The number of piperazine rings is 2. The molecule has 3 aromatic rings. The van der Waals surface area contributed by atoms with E-state index in [1.54, 1.807) is 29.4 Å². The van der Waals surface area contributed by atoms with Gasteiger partial charge in [-0.25, -0.2) is 13.2 Å². The zero-order valence-corrected chi connectivity index (χ0v) is 19.2. The molecule has 2 saturated heterocycles. The van der Waals surface area contributed by atoms with Crippen LogP contribution in [-0.4, -0.2) is 85.9 Å². The summed E-state index contributed by atoms with van der Waals surface area (Å²) in [5.74, 6) is 0. The Balaban J connectivity index is 1.18. The number of benzene rings is 2. The molecule has 0 N–H and O–H groups in total. The Morgan fingerprint density at radius 3 is 2.00 bits per heavy atom. The second-order valence-electron chi connectivity index (χ2n) is 8.36. The third-order valence-electron chi connectivity index (χ3n) is 6.45. The number of rotatable bonds is 3. The van der Waals surface area contributed by atoms with Crippen LogP contribution in [0.5, 0.6) is 0 Å². The van der Waals surface area contributed by atoms with Gasteiger partial charge in [0.1, 0.15) is 0 Å². The summed E-state index contributed by atoms with van der Waals surface area (Å²) in [4.78, 5) is 23.3. The number of sulfonamides is 1. The van der Waals surface area contributed by atoms with Crippen LogP contribution in [0.25, 0.3) is 10.8 Å². The van der Waals surface area contributed by atoms with Crippen molar-refractivity contribution in [2.45, 2.75) is 4.90 Å². The smallest absolute Gasteiger partial charge is 0.320 e. The fraction of sp³-hybridized carbons (Fsp3) is 0.333. The van der Waals surface area contributed by atoms with Crippen molar-refractivity contribution in [1.82, 2.24) is 19.1 Å². The second kappa shape index (κ2) is 8.99. The lowest BCUT2D eigenvalue weighted by atomic mass is 10.1. The first kappa shape index (κ1) is 21.7. The summed E-state index contributed by atoms with van der Waals surface area (Å²) in [7, 11) is -3.60. The second-order valence-corrected chi connectivity index (χ2v) is 10.3. The molecule has 0 radical (unpaired) electrons. The summed E-state index contributed by atoms with van der Waals surface area (Å²) in [5, 5.41) is 1.91. The summed E-state index contributed by atoms with van der Waals surface area (Å²) in [6, 6.07) is 16.9. The van der Waals surface area contributed by atoms with Crippen molar-refractivity contribution < 1.29 is 13.2 Å². The minimum atomic E-state index is -3.60. The van der Waals surface area contributed by atoms with E-state index in [1.807, 2.05) is 47.4 Å². The maximum absolute atomic E-state index is 13.2. The number of carbonyl (C=O) groups excluding carboxylic acids is 1. The fourth-order valence-electron chi connectivity index (χ4n) is 4.51. The van der Waals surface area contributed by atoms with Crippen molar-refractivity contribution in [2.24, 2.45) is 0 Å². The van der Waals surface area contributed by atoms with E-state index in [2.05, 4.69) is 9.88 Å². The lowest BCUT2D eigenvalue weighted by Gasteiger charge is -2.40. The molecule has 8 nitrogen and oxygen atoms in total. The van der Waals surface area contributed by atoms with Crippen LogP contribution < -0.4 is 4.90 Å². The van der Waals surface area contributed by atoms with E-state index in [4.69, 9.17) is 0 Å². The molecule has 0 aliphatic carbocycles. The summed E-state index contributed by atoms with van der Waals surface area (Å²) in [5.41, 5.74) is 1.12. The number of amides is 2. The standard InChI is InChI=1S/C24H27N5O3S/c30-24(27-13-11-26(12-14-27)22-7-9-25-10-8-22)28-15-17-29(18-16-28)33(31,32)23-6-5-20-3-1-2-4-21(20)19-23/h1-10,19H,11-18H2. The SMILES string of the molecule is O=C(N1CCN(c2ccncc2)CC1)N1CCN(S(=O)(=O)c2ccc3ccccc3c2)CC1. The van der Waals surface area contributed by atoms with Crippen LogP contribution >= 0.6 is 0 Å². The number of pyridine rings is 1. The minimum Gasteiger partial charge on any atom is -0.368 e. The van der Waals surface area contributed by atoms with Crippen molar-refractivity contribution in [2.75, 3.05) is 57.3 Å². The predicted octanol–water partition coefficient (Wildman–Crippen LogP) is 2.48. The Bertz CT molecular complexity index is 1240. The lowest BCUT2D eigenvalue weighted by molar-refractivity contribution is 0.132. The van der Waals surface area contributed by atoms with Crippen LogP contribution in [-0.2, 0) is 10.0 Å². The van der Waals surface area contributed by atoms with Gasteiger partial charge in [0.25, 0.3) is 0 Å². The monoisotopic (exact) mass is 465 g/mol. The van der Waals surface area contributed by atoms with Gasteiger partial charge in [0.05, 0.1) is 4.90 Å². The van der Waals surface area contributed by atoms with Gasteiger partial charge < -0.3 is 14.7 Å². The van der Waals surface area contributed by atoms with Crippen molar-refractivity contribution in [3.63, 3.8) is 0 Å². The highest BCUT2D eigenvalue weighted by molar-refractivity contribution is 7.89. The molecule has 5 rings (SSSR count). The predicted molar refractivity (Wildman–Crippen MR) is 128 cm³/mol. The Kier molecular flexibility index (Phi) is 5.90. The molecule has 1 aromatic heterocycles. The number of carbonyl (C=O) groups is 1. The van der Waals surface area contributed by atoms with Crippen molar-refractivity contribution in [3.8, 4) is 0 Å². The highest BCUT2D eigenvalue weighted by Crippen LogP contribution is 2.23. The molecule has 2 aromatic carbocycles. The first-order valence-corrected chi connectivity index (χ1v) is 12.6. The molecule has 0 bridgehead atoms. The average molecular weight is 466 g/mol. The van der Waals surface area contributed by atoms with E-state index in [0.717, 1.165) is 29.5 Å². The minimum absolute atomic E-state index is 0.00729. The van der Waals surface area contributed by atoms with Crippen LogP contribution in [0.1, 0.15) is 0 Å². The molecular formula is C24H27N5O3S. The quantitative estimate of drug-likeness (QED) is 0.594. The third-order valence-corrected chi connectivity index (χ3v) is 8.34. The molecule has 3 heterocycles. The molecule has 0 unspecified atom stereocenters. The van der Waals surface area contributed by atoms with Crippen LogP contribution in [0, 0.1) is 0 Å². The van der Waals surface area contributed by atoms with Crippen molar-refractivity contribution in [1.29, 1.82) is 0 Å². The zero-order valence-electron chi connectivity index (χ0n) is 18.4. The lowest BCUT2D eigenvalue weighted by Crippen LogP contribution is -2.57. The number of fused-ring (bicyclic) bond motifs is 1. The van der Waals surface area contributed by atoms with E-state index >= 15 is 0 Å². The van der Waals surface area contributed by atoms with Crippen LogP contribution in [0.15, 0.2) is 71.9 Å². The molecular weight excluding hydrogens is 438 g/mol. The number of hydrogen-bond donors (Lipinski definition) is 0. The number of aromatic nitrogens is 1. The van der Waals surface area contributed by atoms with E-state index in [0.29, 0.717) is 44.2 Å². The number of urea groups is 1. The Labute approximate surface area is 194 Å². The summed E-state index contributed by atoms with van der Waals surface area (Å²) in [6.07, 6.45) is 3.55. The fourth-order valence-corrected chi connectivity index (χ4v) is 5.97. The molecule has 2 aliphatic heterocycles. The van der Waals surface area contributed by atoms with Crippen molar-refractivity contribution in [3.05, 3.63) is 67.0 Å².